The molecule has 2 N–H and O–H groups in total. The molecule has 0 aliphatic heterocycles. The minimum absolute atomic E-state index is 0.0195. The highest BCUT2D eigenvalue weighted by Gasteiger charge is 2.20. The third-order valence-corrected chi connectivity index (χ3v) is 5.97. The lowest BCUT2D eigenvalue weighted by Gasteiger charge is -2.16. The number of hydrogen-bond acceptors (Lipinski definition) is 4. The van der Waals surface area contributed by atoms with E-state index in [9.17, 15) is 4.79 Å². The van der Waals surface area contributed by atoms with Crippen LogP contribution in [0.25, 0.3) is 21.9 Å². The summed E-state index contributed by atoms with van der Waals surface area (Å²) in [5.74, 6) is 0.781. The van der Waals surface area contributed by atoms with Crippen molar-refractivity contribution in [3.63, 3.8) is 0 Å². The van der Waals surface area contributed by atoms with Crippen LogP contribution in [0.4, 0.5) is 5.82 Å². The van der Waals surface area contributed by atoms with Crippen molar-refractivity contribution in [3.8, 4) is 0 Å². The van der Waals surface area contributed by atoms with Crippen molar-refractivity contribution in [1.82, 2.24) is 19.5 Å². The van der Waals surface area contributed by atoms with E-state index in [4.69, 9.17) is 0 Å². The van der Waals surface area contributed by atoms with Crippen LogP contribution in [0.3, 0.4) is 0 Å². The summed E-state index contributed by atoms with van der Waals surface area (Å²) in [5.41, 5.74) is 3.82. The molecule has 148 valence electrons. The standard InChI is InChI=1S/C23H25N5O/c29-23-27-20-12-18-19(13-21(20)28(23)17-10-6-1-2-7-11-17)25-15-26-22(18)24-14-16-8-4-3-5-9-16/h3-5,8-9,12-13,15,17H,1-2,6-7,10-11,14H2,(H,27,29)(H,24,25,26). The van der Waals surface area contributed by atoms with Crippen molar-refractivity contribution in [1.29, 1.82) is 0 Å². The molecule has 0 saturated heterocycles. The van der Waals surface area contributed by atoms with Gasteiger partial charge in [-0.25, -0.2) is 14.8 Å². The summed E-state index contributed by atoms with van der Waals surface area (Å²) in [5, 5.41) is 4.33. The summed E-state index contributed by atoms with van der Waals surface area (Å²) in [7, 11) is 0. The zero-order chi connectivity index (χ0) is 19.6. The Balaban J connectivity index is 1.54. The van der Waals surface area contributed by atoms with Gasteiger partial charge < -0.3 is 10.3 Å². The van der Waals surface area contributed by atoms with Crippen LogP contribution in [-0.2, 0) is 6.54 Å². The molecule has 6 heteroatoms. The minimum atomic E-state index is -0.0195. The number of nitrogens with zero attached hydrogens (tertiary/aromatic N) is 3. The van der Waals surface area contributed by atoms with Gasteiger partial charge in [0.2, 0.25) is 0 Å². The van der Waals surface area contributed by atoms with Crippen LogP contribution in [0.2, 0.25) is 0 Å². The van der Waals surface area contributed by atoms with E-state index >= 15 is 0 Å². The van der Waals surface area contributed by atoms with Gasteiger partial charge in [0.1, 0.15) is 12.1 Å². The molecule has 1 aliphatic rings. The van der Waals surface area contributed by atoms with Crippen molar-refractivity contribution < 1.29 is 0 Å². The van der Waals surface area contributed by atoms with E-state index in [0.29, 0.717) is 6.54 Å². The van der Waals surface area contributed by atoms with E-state index in [0.717, 1.165) is 40.6 Å². The van der Waals surface area contributed by atoms with Gasteiger partial charge in [0, 0.05) is 18.0 Å². The zero-order valence-corrected chi connectivity index (χ0v) is 16.4. The normalized spacial score (nSPS) is 15.6. The molecule has 2 aromatic carbocycles. The van der Waals surface area contributed by atoms with Gasteiger partial charge >= 0.3 is 5.69 Å². The van der Waals surface area contributed by atoms with E-state index in [-0.39, 0.29) is 11.7 Å². The Morgan fingerprint density at radius 2 is 1.83 bits per heavy atom. The first-order chi connectivity index (χ1) is 14.3. The topological polar surface area (TPSA) is 75.6 Å². The maximum atomic E-state index is 12.8. The van der Waals surface area contributed by atoms with E-state index in [1.807, 2.05) is 34.9 Å². The van der Waals surface area contributed by atoms with Gasteiger partial charge in [0.05, 0.1) is 16.6 Å². The molecule has 1 fully saturated rings. The molecule has 2 aromatic heterocycles. The molecule has 0 bridgehead atoms. The first kappa shape index (κ1) is 17.9. The highest BCUT2D eigenvalue weighted by molar-refractivity contribution is 5.98. The Morgan fingerprint density at radius 3 is 2.62 bits per heavy atom. The van der Waals surface area contributed by atoms with E-state index in [1.54, 1.807) is 6.33 Å². The predicted molar refractivity (Wildman–Crippen MR) is 116 cm³/mol. The smallest absolute Gasteiger partial charge is 0.326 e. The van der Waals surface area contributed by atoms with Crippen LogP contribution in [0.5, 0.6) is 0 Å². The molecule has 1 aliphatic carbocycles. The number of aromatic amines is 1. The Bertz CT molecular complexity index is 1190. The highest BCUT2D eigenvalue weighted by Crippen LogP contribution is 2.31. The summed E-state index contributed by atoms with van der Waals surface area (Å²) in [6.45, 7) is 0.685. The number of rotatable bonds is 4. The molecule has 0 spiro atoms. The van der Waals surface area contributed by atoms with Crippen LogP contribution in [0.15, 0.2) is 53.6 Å². The van der Waals surface area contributed by atoms with Crippen LogP contribution < -0.4 is 11.0 Å². The molecular formula is C23H25N5O. The summed E-state index contributed by atoms with van der Waals surface area (Å²) in [6.07, 6.45) is 8.62. The first-order valence-electron chi connectivity index (χ1n) is 10.5. The van der Waals surface area contributed by atoms with Crippen molar-refractivity contribution in [3.05, 3.63) is 64.8 Å². The first-order valence-corrected chi connectivity index (χ1v) is 10.5. The minimum Gasteiger partial charge on any atom is -0.365 e. The predicted octanol–water partition coefficient (Wildman–Crippen LogP) is 4.78. The maximum absolute atomic E-state index is 12.8. The Labute approximate surface area is 169 Å². The molecule has 4 aromatic rings. The maximum Gasteiger partial charge on any atom is 0.326 e. The van der Waals surface area contributed by atoms with Gasteiger partial charge in [-0.2, -0.15) is 0 Å². The lowest BCUT2D eigenvalue weighted by molar-refractivity contribution is 0.444. The monoisotopic (exact) mass is 387 g/mol. The van der Waals surface area contributed by atoms with Gasteiger partial charge in [0.25, 0.3) is 0 Å². The number of H-pyrrole nitrogens is 1. The van der Waals surface area contributed by atoms with Gasteiger partial charge in [0.15, 0.2) is 0 Å². The van der Waals surface area contributed by atoms with E-state index in [2.05, 4.69) is 32.4 Å². The molecule has 0 radical (unpaired) electrons. The van der Waals surface area contributed by atoms with E-state index < -0.39 is 0 Å². The lowest BCUT2D eigenvalue weighted by atomic mass is 10.1. The fourth-order valence-corrected chi connectivity index (χ4v) is 4.48. The molecule has 29 heavy (non-hydrogen) atoms. The third-order valence-electron chi connectivity index (χ3n) is 5.97. The summed E-state index contributed by atoms with van der Waals surface area (Å²) in [4.78, 5) is 24.8. The number of aromatic nitrogens is 4. The second kappa shape index (κ2) is 7.70. The molecular weight excluding hydrogens is 362 g/mol. The molecule has 1 saturated carbocycles. The van der Waals surface area contributed by atoms with Crippen LogP contribution in [0.1, 0.15) is 50.1 Å². The molecule has 0 unspecified atom stereocenters. The van der Waals surface area contributed by atoms with Gasteiger partial charge in [-0.3, -0.25) is 4.57 Å². The fourth-order valence-electron chi connectivity index (χ4n) is 4.48. The van der Waals surface area contributed by atoms with Gasteiger partial charge in [-0.05, 0) is 30.5 Å². The van der Waals surface area contributed by atoms with Crippen LogP contribution in [0, 0.1) is 0 Å². The summed E-state index contributed by atoms with van der Waals surface area (Å²) >= 11 is 0. The average molecular weight is 387 g/mol. The number of anilines is 1. The number of nitrogens with one attached hydrogen (secondary N) is 2. The number of hydrogen-bond donors (Lipinski definition) is 2. The fraction of sp³-hybridized carbons (Fsp3) is 0.348. The average Bonchev–Trinajstić information content (AvgIpc) is 2.91. The second-order valence-corrected chi connectivity index (χ2v) is 7.89. The molecule has 0 atom stereocenters. The van der Waals surface area contributed by atoms with Crippen LogP contribution >= 0.6 is 0 Å². The largest absolute Gasteiger partial charge is 0.365 e. The molecule has 6 nitrogen and oxygen atoms in total. The molecule has 2 heterocycles. The second-order valence-electron chi connectivity index (χ2n) is 7.89. The van der Waals surface area contributed by atoms with E-state index in [1.165, 1.54) is 31.2 Å². The number of benzene rings is 2. The van der Waals surface area contributed by atoms with Gasteiger partial charge in [-0.1, -0.05) is 56.0 Å². The third kappa shape index (κ3) is 3.50. The van der Waals surface area contributed by atoms with Crippen molar-refractivity contribution in [2.75, 3.05) is 5.32 Å². The Morgan fingerprint density at radius 1 is 1.03 bits per heavy atom. The number of imidazole rings is 1. The SMILES string of the molecule is O=c1[nH]c2cc3c(NCc4ccccc4)ncnc3cc2n1C1CCCCCC1. The Kier molecular flexibility index (Phi) is 4.76. The summed E-state index contributed by atoms with van der Waals surface area (Å²) in [6, 6.07) is 14.5. The lowest BCUT2D eigenvalue weighted by Crippen LogP contribution is -2.21. The quantitative estimate of drug-likeness (QED) is 0.494. The van der Waals surface area contributed by atoms with Crippen molar-refractivity contribution in [2.45, 2.75) is 51.1 Å². The van der Waals surface area contributed by atoms with Gasteiger partial charge in [-0.15, -0.1) is 0 Å². The van der Waals surface area contributed by atoms with Crippen molar-refractivity contribution >= 4 is 27.8 Å². The molecule has 0 amide bonds. The van der Waals surface area contributed by atoms with Crippen molar-refractivity contribution in [2.24, 2.45) is 0 Å². The Hall–Kier alpha value is -3.15. The summed E-state index contributed by atoms with van der Waals surface area (Å²) < 4.78 is 1.96. The molecule has 5 rings (SSSR count). The number of fused-ring (bicyclic) bond motifs is 2. The van der Waals surface area contributed by atoms with Crippen LogP contribution in [-0.4, -0.2) is 19.5 Å². The highest BCUT2D eigenvalue weighted by atomic mass is 16.1. The zero-order valence-electron chi connectivity index (χ0n) is 16.4.